The lowest BCUT2D eigenvalue weighted by Crippen LogP contribution is -2.30. The van der Waals surface area contributed by atoms with Crippen LogP contribution in [0.4, 0.5) is 5.69 Å². The zero-order chi connectivity index (χ0) is 15.6. The molecule has 2 heteroatoms. The van der Waals surface area contributed by atoms with Crippen molar-refractivity contribution in [1.82, 2.24) is 4.57 Å². The highest BCUT2D eigenvalue weighted by Gasteiger charge is 2.06. The first-order chi connectivity index (χ1) is 9.88. The van der Waals surface area contributed by atoms with Gasteiger partial charge in [-0.3, -0.25) is 0 Å². The highest BCUT2D eigenvalue weighted by molar-refractivity contribution is 5.66. The van der Waals surface area contributed by atoms with Crippen LogP contribution in [0, 0.1) is 12.8 Å². The number of hydrogen-bond donors (Lipinski definition) is 1. The molecule has 0 saturated heterocycles. The minimum atomic E-state index is 0.645. The molecule has 2 aromatic rings. The maximum Gasteiger partial charge on any atom is 0.0664 e. The molecule has 2 rings (SSSR count). The van der Waals surface area contributed by atoms with Crippen molar-refractivity contribution in [2.45, 2.75) is 34.1 Å². The molecule has 2 nitrogen and oxygen atoms in total. The van der Waals surface area contributed by atoms with Crippen molar-refractivity contribution in [2.24, 2.45) is 13.0 Å². The summed E-state index contributed by atoms with van der Waals surface area (Å²) in [6.45, 7) is 12.9. The number of rotatable bonds is 4. The largest absolute Gasteiger partial charge is 0.357 e. The minimum absolute atomic E-state index is 0.645. The van der Waals surface area contributed by atoms with E-state index < -0.39 is 0 Å². The van der Waals surface area contributed by atoms with Gasteiger partial charge in [-0.1, -0.05) is 38.1 Å². The van der Waals surface area contributed by atoms with Crippen LogP contribution in [-0.4, -0.2) is 4.57 Å². The quantitative estimate of drug-likeness (QED) is 0.911. The molecule has 0 fully saturated rings. The Morgan fingerprint density at radius 3 is 2.57 bits per heavy atom. The Hall–Kier alpha value is -1.96. The van der Waals surface area contributed by atoms with E-state index in [0.29, 0.717) is 5.92 Å². The van der Waals surface area contributed by atoms with Crippen molar-refractivity contribution in [3.05, 3.63) is 52.2 Å². The van der Waals surface area contributed by atoms with E-state index in [4.69, 9.17) is 0 Å². The van der Waals surface area contributed by atoms with Gasteiger partial charge in [0.25, 0.3) is 0 Å². The fourth-order valence-electron chi connectivity index (χ4n) is 2.80. The zero-order valence-electron chi connectivity index (χ0n) is 13.8. The third kappa shape index (κ3) is 3.57. The number of nitrogens with one attached hydrogen (secondary N) is 1. The van der Waals surface area contributed by atoms with Gasteiger partial charge in [-0.05, 0) is 49.1 Å². The van der Waals surface area contributed by atoms with Crippen LogP contribution in [-0.2, 0) is 13.5 Å². The minimum Gasteiger partial charge on any atom is -0.357 e. The van der Waals surface area contributed by atoms with Gasteiger partial charge in [0.2, 0.25) is 0 Å². The summed E-state index contributed by atoms with van der Waals surface area (Å²) >= 11 is 0. The summed E-state index contributed by atoms with van der Waals surface area (Å²) in [5.74, 6) is 0.645. The first kappa shape index (κ1) is 15.4. The third-order valence-electron chi connectivity index (χ3n) is 3.72. The van der Waals surface area contributed by atoms with Gasteiger partial charge in [0.15, 0.2) is 0 Å². The molecule has 0 bridgehead atoms. The van der Waals surface area contributed by atoms with E-state index in [2.05, 4.69) is 69.4 Å². The Kier molecular flexibility index (Phi) is 4.56. The van der Waals surface area contributed by atoms with Crippen LogP contribution in [0.1, 0.15) is 31.9 Å². The van der Waals surface area contributed by atoms with Crippen LogP contribution < -0.4 is 15.9 Å². The third-order valence-corrected chi connectivity index (χ3v) is 3.72. The fraction of sp³-hybridized carbons (Fsp3) is 0.368. The monoisotopic (exact) mass is 282 g/mol. The normalized spacial score (nSPS) is 12.7. The second kappa shape index (κ2) is 6.21. The van der Waals surface area contributed by atoms with Crippen molar-refractivity contribution in [3.63, 3.8) is 0 Å². The van der Waals surface area contributed by atoms with Gasteiger partial charge in [0.1, 0.15) is 0 Å². The summed E-state index contributed by atoms with van der Waals surface area (Å²) in [6, 6.07) is 8.67. The standard InChI is InChI=1S/C19H26N2/c1-13(2)11-17-12-14(3)7-8-18(17)20-16(5)19-15(4)9-10-21(19)6/h7-10,12-13,20H,4,11H2,1-3,5-6H3/b19-16-. The van der Waals surface area contributed by atoms with E-state index in [-0.39, 0.29) is 0 Å². The fourth-order valence-corrected chi connectivity index (χ4v) is 2.80. The maximum absolute atomic E-state index is 4.11. The smallest absolute Gasteiger partial charge is 0.0664 e. The lowest BCUT2D eigenvalue weighted by molar-refractivity contribution is 0.648. The Balaban J connectivity index is 2.45. The maximum atomic E-state index is 4.11. The SMILES string of the molecule is C=c1ccn(C)/c1=C(/C)Nc1ccc(C)cc1CC(C)C. The van der Waals surface area contributed by atoms with Crippen molar-refractivity contribution < 1.29 is 0 Å². The summed E-state index contributed by atoms with van der Waals surface area (Å²) in [5, 5.41) is 5.80. The molecule has 0 aliphatic heterocycles. The number of anilines is 1. The molecule has 0 aliphatic carbocycles. The van der Waals surface area contributed by atoms with Crippen LogP contribution in [0.25, 0.3) is 12.3 Å². The molecule has 0 spiro atoms. The lowest BCUT2D eigenvalue weighted by atomic mass is 9.99. The van der Waals surface area contributed by atoms with Crippen molar-refractivity contribution in [2.75, 3.05) is 5.32 Å². The summed E-state index contributed by atoms with van der Waals surface area (Å²) in [5.41, 5.74) is 5.03. The van der Waals surface area contributed by atoms with E-state index in [1.54, 1.807) is 0 Å². The molecule has 0 amide bonds. The molecule has 0 radical (unpaired) electrons. The summed E-state index contributed by atoms with van der Waals surface area (Å²) in [6.07, 6.45) is 3.13. The number of aromatic nitrogens is 1. The topological polar surface area (TPSA) is 17.0 Å². The molecule has 0 saturated carbocycles. The highest BCUT2D eigenvalue weighted by atomic mass is 15.0. The number of aryl methyl sites for hydroxylation is 2. The highest BCUT2D eigenvalue weighted by Crippen LogP contribution is 2.22. The van der Waals surface area contributed by atoms with E-state index in [0.717, 1.165) is 22.7 Å². The molecule has 0 aliphatic rings. The molecule has 1 N–H and O–H groups in total. The zero-order valence-corrected chi connectivity index (χ0v) is 13.8. The number of benzene rings is 1. The van der Waals surface area contributed by atoms with Gasteiger partial charge in [-0.25, -0.2) is 0 Å². The van der Waals surface area contributed by atoms with Gasteiger partial charge in [-0.2, -0.15) is 0 Å². The number of nitrogens with zero attached hydrogens (tertiary/aromatic N) is 1. The summed E-state index contributed by atoms with van der Waals surface area (Å²) < 4.78 is 2.11. The van der Waals surface area contributed by atoms with Crippen LogP contribution >= 0.6 is 0 Å². The molecular formula is C19H26N2. The second-order valence-electron chi connectivity index (χ2n) is 6.31. The van der Waals surface area contributed by atoms with Gasteiger partial charge >= 0.3 is 0 Å². The van der Waals surface area contributed by atoms with Gasteiger partial charge in [-0.15, -0.1) is 0 Å². The summed E-state index contributed by atoms with van der Waals surface area (Å²) in [4.78, 5) is 0. The van der Waals surface area contributed by atoms with Crippen LogP contribution in [0.3, 0.4) is 0 Å². The van der Waals surface area contributed by atoms with E-state index in [1.807, 2.05) is 12.3 Å². The molecule has 1 heterocycles. The molecule has 1 aromatic carbocycles. The molecule has 112 valence electrons. The van der Waals surface area contributed by atoms with Crippen LogP contribution in [0.2, 0.25) is 0 Å². The first-order valence-corrected chi connectivity index (χ1v) is 7.56. The second-order valence-corrected chi connectivity index (χ2v) is 6.31. The van der Waals surface area contributed by atoms with E-state index >= 15 is 0 Å². The molecule has 0 unspecified atom stereocenters. The molecule has 0 atom stereocenters. The predicted octanol–water partition coefficient (Wildman–Crippen LogP) is 3.18. The summed E-state index contributed by atoms with van der Waals surface area (Å²) in [7, 11) is 2.05. The first-order valence-electron chi connectivity index (χ1n) is 7.56. The Bertz CT molecular complexity index is 735. The Labute approximate surface area is 127 Å². The van der Waals surface area contributed by atoms with Crippen LogP contribution in [0.5, 0.6) is 0 Å². The molecule has 1 aromatic heterocycles. The van der Waals surface area contributed by atoms with Crippen molar-refractivity contribution >= 4 is 18.0 Å². The van der Waals surface area contributed by atoms with Crippen molar-refractivity contribution in [1.29, 1.82) is 0 Å². The number of hydrogen-bond acceptors (Lipinski definition) is 1. The van der Waals surface area contributed by atoms with E-state index in [1.165, 1.54) is 16.8 Å². The molecular weight excluding hydrogens is 256 g/mol. The van der Waals surface area contributed by atoms with Crippen LogP contribution in [0.15, 0.2) is 30.5 Å². The van der Waals surface area contributed by atoms with Gasteiger partial charge in [0, 0.05) is 24.6 Å². The average Bonchev–Trinajstić information content (AvgIpc) is 2.71. The predicted molar refractivity (Wildman–Crippen MR) is 92.6 cm³/mol. The Morgan fingerprint density at radius 2 is 2.00 bits per heavy atom. The van der Waals surface area contributed by atoms with Gasteiger partial charge in [0.05, 0.1) is 5.35 Å². The Morgan fingerprint density at radius 1 is 1.29 bits per heavy atom. The molecule has 21 heavy (non-hydrogen) atoms. The van der Waals surface area contributed by atoms with Crippen molar-refractivity contribution in [3.8, 4) is 0 Å². The lowest BCUT2D eigenvalue weighted by Gasteiger charge is -2.15. The average molecular weight is 282 g/mol. The van der Waals surface area contributed by atoms with E-state index in [9.17, 15) is 0 Å². The van der Waals surface area contributed by atoms with Gasteiger partial charge < -0.3 is 9.88 Å².